The Bertz CT molecular complexity index is 1230. The quantitative estimate of drug-likeness (QED) is 0.229. The van der Waals surface area contributed by atoms with Crippen molar-refractivity contribution in [3.8, 4) is 11.5 Å². The summed E-state index contributed by atoms with van der Waals surface area (Å²) in [7, 11) is -2.17. The molecule has 0 aromatic heterocycles. The third kappa shape index (κ3) is 9.76. The molecule has 1 aliphatic rings. The second kappa shape index (κ2) is 14.7. The molecule has 1 N–H and O–H groups in total. The number of sulfonamides is 1. The number of nitrogens with one attached hydrogen (secondary N) is 1. The number of methoxy groups -OCH3 is 1. The van der Waals surface area contributed by atoms with Crippen molar-refractivity contribution in [1.82, 2.24) is 9.62 Å². The summed E-state index contributed by atoms with van der Waals surface area (Å²) in [5.74, 6) is 1.60. The predicted molar refractivity (Wildman–Crippen MR) is 159 cm³/mol. The molecule has 2 aromatic carbocycles. The summed E-state index contributed by atoms with van der Waals surface area (Å²) < 4.78 is 51.2. The van der Waals surface area contributed by atoms with Gasteiger partial charge in [0.1, 0.15) is 24.7 Å². The van der Waals surface area contributed by atoms with Crippen LogP contribution in [0.1, 0.15) is 39.7 Å². The number of benzene rings is 2. The smallest absolute Gasteiger partial charge is 0.407 e. The largest absolute Gasteiger partial charge is 0.497 e. The number of nitrogens with zero attached hydrogens (tertiary/aromatic N) is 1. The third-order valence-corrected chi connectivity index (χ3v) is 8.64. The Morgan fingerprint density at radius 3 is 2.41 bits per heavy atom. The van der Waals surface area contributed by atoms with Crippen LogP contribution in [0.5, 0.6) is 11.5 Å². The van der Waals surface area contributed by atoms with E-state index in [1.165, 1.54) is 6.08 Å². The minimum atomic E-state index is -3.73. The minimum absolute atomic E-state index is 0.142. The molecule has 0 unspecified atom stereocenters. The number of ether oxygens (including phenoxy) is 4. The maximum Gasteiger partial charge on any atom is 0.407 e. The lowest BCUT2D eigenvalue weighted by Crippen LogP contribution is -2.42. The van der Waals surface area contributed by atoms with E-state index in [2.05, 4.69) is 25.7 Å². The zero-order valence-electron chi connectivity index (χ0n) is 24.8. The van der Waals surface area contributed by atoms with Gasteiger partial charge in [-0.05, 0) is 80.5 Å². The van der Waals surface area contributed by atoms with Crippen LogP contribution in [0.3, 0.4) is 0 Å². The first-order valence-corrected chi connectivity index (χ1v) is 15.4. The Morgan fingerprint density at radius 1 is 1.15 bits per heavy atom. The number of amides is 1. The van der Waals surface area contributed by atoms with Gasteiger partial charge in [0.25, 0.3) is 0 Å². The fourth-order valence-electron chi connectivity index (χ4n) is 5.01. The van der Waals surface area contributed by atoms with Crippen molar-refractivity contribution in [2.75, 3.05) is 40.0 Å². The topological polar surface area (TPSA) is 103 Å². The molecule has 9 nitrogen and oxygen atoms in total. The molecular formula is C31H44N2O7S. The van der Waals surface area contributed by atoms with Crippen LogP contribution in [0.2, 0.25) is 0 Å². The van der Waals surface area contributed by atoms with E-state index in [0.717, 1.165) is 18.4 Å². The Kier molecular flexibility index (Phi) is 11.6. The van der Waals surface area contributed by atoms with E-state index in [1.807, 2.05) is 38.1 Å². The van der Waals surface area contributed by atoms with Crippen molar-refractivity contribution >= 4 is 16.1 Å². The molecule has 3 rings (SSSR count). The molecule has 2 atom stereocenters. The highest BCUT2D eigenvalue weighted by Gasteiger charge is 2.42. The average Bonchev–Trinajstić information content (AvgIpc) is 3.22. The normalized spacial score (nSPS) is 18.3. The lowest BCUT2D eigenvalue weighted by Gasteiger charge is -2.29. The maximum atomic E-state index is 13.7. The van der Waals surface area contributed by atoms with Crippen LogP contribution < -0.4 is 14.8 Å². The van der Waals surface area contributed by atoms with Gasteiger partial charge in [0, 0.05) is 13.1 Å². The van der Waals surface area contributed by atoms with Gasteiger partial charge in [0.2, 0.25) is 10.0 Å². The molecule has 0 radical (unpaired) electrons. The molecule has 1 fully saturated rings. The molecule has 0 bridgehead atoms. The minimum Gasteiger partial charge on any atom is -0.497 e. The summed E-state index contributed by atoms with van der Waals surface area (Å²) in [5.41, 5.74) is 0.763. The molecule has 226 valence electrons. The number of carbonyl (C=O) groups excluding carboxylic acids is 1. The van der Waals surface area contributed by atoms with Gasteiger partial charge in [0.15, 0.2) is 0 Å². The van der Waals surface area contributed by atoms with Gasteiger partial charge in [-0.15, -0.1) is 0 Å². The molecule has 10 heteroatoms. The molecule has 0 saturated carbocycles. The fourth-order valence-corrected chi connectivity index (χ4v) is 6.63. The predicted octanol–water partition coefficient (Wildman–Crippen LogP) is 5.06. The van der Waals surface area contributed by atoms with E-state index in [0.29, 0.717) is 31.2 Å². The number of hydrogen-bond acceptors (Lipinski definition) is 7. The van der Waals surface area contributed by atoms with E-state index in [9.17, 15) is 13.2 Å². The number of carbonyl (C=O) groups is 1. The molecule has 1 aliphatic heterocycles. The van der Waals surface area contributed by atoms with Gasteiger partial charge in [-0.2, -0.15) is 4.31 Å². The molecular weight excluding hydrogens is 544 g/mol. The lowest BCUT2D eigenvalue weighted by molar-refractivity contribution is -0.0277. The van der Waals surface area contributed by atoms with E-state index in [1.54, 1.807) is 35.7 Å². The van der Waals surface area contributed by atoms with Gasteiger partial charge in [0.05, 0.1) is 30.3 Å². The summed E-state index contributed by atoms with van der Waals surface area (Å²) in [6, 6.07) is 14.4. The van der Waals surface area contributed by atoms with E-state index in [-0.39, 0.29) is 41.6 Å². The summed E-state index contributed by atoms with van der Waals surface area (Å²) in [5, 5.41) is 2.61. The fraction of sp³-hybridized carbons (Fsp3) is 0.516. The first-order chi connectivity index (χ1) is 19.4. The standard InChI is InChI=1S/C31H44N2O7S/c1-7-17-39-30(34)32-16-18-38-27-10-8-24(9-11-27)19-25-20-31(4,5)40-29(25)22-33(21-23(2)3)41(35,36)28-14-12-26(37-6)13-15-28/h7-15,23,25,29H,1,16-22H2,2-6H3,(H,32,34)/t25-,29-/m1/s1. The molecule has 2 aromatic rings. The third-order valence-electron chi connectivity index (χ3n) is 6.79. The van der Waals surface area contributed by atoms with Crippen molar-refractivity contribution in [3.63, 3.8) is 0 Å². The van der Waals surface area contributed by atoms with Crippen LogP contribution >= 0.6 is 0 Å². The molecule has 1 saturated heterocycles. The summed E-state index contributed by atoms with van der Waals surface area (Å²) in [6.07, 6.45) is 2.32. The van der Waals surface area contributed by atoms with E-state index >= 15 is 0 Å². The van der Waals surface area contributed by atoms with Crippen LogP contribution in [0, 0.1) is 11.8 Å². The Morgan fingerprint density at radius 2 is 1.80 bits per heavy atom. The highest BCUT2D eigenvalue weighted by molar-refractivity contribution is 7.89. The van der Waals surface area contributed by atoms with E-state index in [4.69, 9.17) is 18.9 Å². The number of rotatable bonds is 15. The van der Waals surface area contributed by atoms with Gasteiger partial charge < -0.3 is 24.3 Å². The monoisotopic (exact) mass is 588 g/mol. The zero-order chi connectivity index (χ0) is 30.0. The van der Waals surface area contributed by atoms with Crippen LogP contribution in [-0.2, 0) is 25.9 Å². The molecule has 0 spiro atoms. The summed E-state index contributed by atoms with van der Waals surface area (Å²) >= 11 is 0. The van der Waals surface area contributed by atoms with Gasteiger partial charge in [-0.25, -0.2) is 13.2 Å². The highest BCUT2D eigenvalue weighted by atomic mass is 32.2. The molecule has 1 amide bonds. The zero-order valence-corrected chi connectivity index (χ0v) is 25.6. The molecule has 0 aliphatic carbocycles. The van der Waals surface area contributed by atoms with Crippen LogP contribution in [-0.4, -0.2) is 70.5 Å². The lowest BCUT2D eigenvalue weighted by atomic mass is 9.88. The first kappa shape index (κ1) is 32.4. The first-order valence-electron chi connectivity index (χ1n) is 14.0. The van der Waals surface area contributed by atoms with Gasteiger partial charge >= 0.3 is 6.09 Å². The van der Waals surface area contributed by atoms with Gasteiger partial charge in [-0.1, -0.05) is 38.6 Å². The molecule has 1 heterocycles. The van der Waals surface area contributed by atoms with Gasteiger partial charge in [-0.3, -0.25) is 0 Å². The maximum absolute atomic E-state index is 13.7. The number of hydrogen-bond donors (Lipinski definition) is 1. The van der Waals surface area contributed by atoms with Crippen molar-refractivity contribution in [1.29, 1.82) is 0 Å². The van der Waals surface area contributed by atoms with Crippen LogP contribution in [0.25, 0.3) is 0 Å². The second-order valence-corrected chi connectivity index (χ2v) is 13.2. The van der Waals surface area contributed by atoms with Crippen molar-refractivity contribution in [2.45, 2.75) is 57.1 Å². The van der Waals surface area contributed by atoms with Crippen LogP contribution in [0.15, 0.2) is 66.1 Å². The Hall–Kier alpha value is -3.08. The van der Waals surface area contributed by atoms with Crippen LogP contribution in [0.4, 0.5) is 4.79 Å². The van der Waals surface area contributed by atoms with Crippen molar-refractivity contribution in [3.05, 3.63) is 66.7 Å². The summed E-state index contributed by atoms with van der Waals surface area (Å²) in [4.78, 5) is 11.7. The Balaban J connectivity index is 1.65. The van der Waals surface area contributed by atoms with E-state index < -0.39 is 16.1 Å². The van der Waals surface area contributed by atoms with Crippen molar-refractivity contribution in [2.24, 2.45) is 11.8 Å². The SMILES string of the molecule is C=CCOC(=O)NCCOc1ccc(C[C@@H]2CC(C)(C)O[C@@H]2CN(CC(C)C)S(=O)(=O)c2ccc(OC)cc2)cc1. The summed E-state index contributed by atoms with van der Waals surface area (Å²) in [6.45, 7) is 13.1. The average molecular weight is 589 g/mol. The number of alkyl carbamates (subject to hydrolysis) is 1. The second-order valence-electron chi connectivity index (χ2n) is 11.3. The Labute approximate surface area is 244 Å². The van der Waals surface area contributed by atoms with Crippen molar-refractivity contribution < 1.29 is 32.2 Å². The molecule has 41 heavy (non-hydrogen) atoms. The highest BCUT2D eigenvalue weighted by Crippen LogP contribution is 2.38.